The predicted octanol–water partition coefficient (Wildman–Crippen LogP) is 9.31. The molecule has 238 valence electrons. The van der Waals surface area contributed by atoms with E-state index in [4.69, 9.17) is 0 Å². The molecule has 0 radical (unpaired) electrons. The minimum Gasteiger partial charge on any atom is -0.355 e. The summed E-state index contributed by atoms with van der Waals surface area (Å²) in [6.07, 6.45) is 16.1. The fourth-order valence-corrected chi connectivity index (χ4v) is 5.89. The fourth-order valence-electron chi connectivity index (χ4n) is 5.89. The minimum atomic E-state index is 0. The molecule has 0 atom stereocenters. The number of fused-ring (bicyclic) bond motifs is 16. The van der Waals surface area contributed by atoms with Crippen LogP contribution in [-0.2, 0) is 16.5 Å². The van der Waals surface area contributed by atoms with E-state index in [1.807, 2.05) is 85.0 Å². The fraction of sp³-hybridized carbons (Fsp3) is 0. The first-order chi connectivity index (χ1) is 23.6. The Morgan fingerprint density at radius 1 is 0.245 bits per heavy atom. The molecule has 0 saturated carbocycles. The van der Waals surface area contributed by atoms with Crippen molar-refractivity contribution in [2.24, 2.45) is 0 Å². The Hall–Kier alpha value is -6.31. The Bertz CT molecular complexity index is 2330. The molecule has 0 amide bonds. The normalized spacial score (nSPS) is 12.4. The van der Waals surface area contributed by atoms with Gasteiger partial charge in [-0.1, -0.05) is 0 Å². The van der Waals surface area contributed by atoms with Crippen LogP contribution in [0.4, 0.5) is 0 Å². The Balaban J connectivity index is 0.000000139. The number of H-pyrrole nitrogens is 4. The number of rotatable bonds is 0. The third-order valence-corrected chi connectivity index (χ3v) is 8.08. The van der Waals surface area contributed by atoms with Crippen LogP contribution in [0.25, 0.3) is 92.7 Å². The molecule has 6 aromatic rings. The maximum Gasteiger partial charge on any atom is 0.0659 e. The Morgan fingerprint density at radius 2 is 0.429 bits per heavy atom. The molecule has 10 rings (SSSR count). The van der Waals surface area contributed by atoms with E-state index in [-0.39, 0.29) is 16.5 Å². The molecular weight excluding hydrogens is 651 g/mol. The maximum absolute atomic E-state index is 4.62. The van der Waals surface area contributed by atoms with E-state index in [2.05, 4.69) is 101 Å². The van der Waals surface area contributed by atoms with Crippen molar-refractivity contribution in [3.05, 3.63) is 143 Å². The van der Waals surface area contributed by atoms with Gasteiger partial charge in [-0.3, -0.25) is 0 Å². The summed E-state index contributed by atoms with van der Waals surface area (Å²) in [4.78, 5) is 32.0. The van der Waals surface area contributed by atoms with Gasteiger partial charge in [0, 0.05) is 60.6 Å². The summed E-state index contributed by atoms with van der Waals surface area (Å²) < 4.78 is 0. The molecule has 0 spiro atoms. The van der Waals surface area contributed by atoms with Crippen LogP contribution in [0.15, 0.2) is 97.1 Å². The SMILES string of the molecule is C1=Cc2cc3ccc(cc4ccc(cc5nc(cc1n2)C=C5)[nH]4)[nH]3.C1=Cc2cc3ccc(cc4ccc(cc5nc(cc1n2)C=C5)[nH]4)[nH]3.[Ni]. The van der Waals surface area contributed by atoms with Gasteiger partial charge in [0.2, 0.25) is 0 Å². The number of nitrogens with one attached hydrogen (secondary N) is 4. The average Bonchev–Trinajstić information content (AvgIpc) is 3.91. The van der Waals surface area contributed by atoms with E-state index >= 15 is 0 Å². The van der Waals surface area contributed by atoms with Gasteiger partial charge in [-0.05, 0) is 146 Å². The summed E-state index contributed by atoms with van der Waals surface area (Å²) in [6.45, 7) is 0. The monoisotopic (exact) mass is 678 g/mol. The molecule has 6 aromatic heterocycles. The molecule has 16 bridgehead atoms. The molecule has 4 aliphatic rings. The number of hydrogen-bond acceptors (Lipinski definition) is 4. The summed E-state index contributed by atoms with van der Waals surface area (Å²) in [6, 6.07) is 32.8. The number of nitrogens with zero attached hydrogens (tertiary/aromatic N) is 4. The first-order valence-electron chi connectivity index (χ1n) is 15.7. The van der Waals surface area contributed by atoms with Crippen molar-refractivity contribution in [1.29, 1.82) is 0 Å². The molecular formula is C40H28N8Ni. The van der Waals surface area contributed by atoms with E-state index in [9.17, 15) is 0 Å². The van der Waals surface area contributed by atoms with Crippen LogP contribution in [0.2, 0.25) is 0 Å². The van der Waals surface area contributed by atoms with Gasteiger partial charge in [0.1, 0.15) is 0 Å². The molecule has 0 saturated heterocycles. The molecule has 0 fully saturated rings. The number of hydrogen-bond donors (Lipinski definition) is 4. The van der Waals surface area contributed by atoms with Crippen LogP contribution in [-0.4, -0.2) is 39.9 Å². The first kappa shape index (κ1) is 30.1. The Labute approximate surface area is 290 Å². The van der Waals surface area contributed by atoms with Crippen molar-refractivity contribution in [1.82, 2.24) is 39.9 Å². The summed E-state index contributed by atoms with van der Waals surface area (Å²) in [5.74, 6) is 0. The molecule has 9 heteroatoms. The summed E-state index contributed by atoms with van der Waals surface area (Å²) in [7, 11) is 0. The van der Waals surface area contributed by atoms with E-state index in [0.717, 1.165) is 89.7 Å². The van der Waals surface area contributed by atoms with Crippen LogP contribution in [0.5, 0.6) is 0 Å². The second-order valence-corrected chi connectivity index (χ2v) is 11.8. The molecule has 0 aliphatic carbocycles. The smallest absolute Gasteiger partial charge is 0.0659 e. The second kappa shape index (κ2) is 12.7. The van der Waals surface area contributed by atoms with Gasteiger partial charge in [0.05, 0.1) is 45.6 Å². The van der Waals surface area contributed by atoms with Gasteiger partial charge in [0.15, 0.2) is 0 Å². The summed E-state index contributed by atoms with van der Waals surface area (Å²) in [5, 5.41) is 0. The zero-order chi connectivity index (χ0) is 31.9. The van der Waals surface area contributed by atoms with Gasteiger partial charge in [-0.2, -0.15) is 0 Å². The van der Waals surface area contributed by atoms with Crippen molar-refractivity contribution in [2.75, 3.05) is 0 Å². The molecule has 4 N–H and O–H groups in total. The third-order valence-electron chi connectivity index (χ3n) is 8.08. The number of aromatic amines is 4. The van der Waals surface area contributed by atoms with E-state index in [0.29, 0.717) is 0 Å². The van der Waals surface area contributed by atoms with Crippen molar-refractivity contribution in [3.63, 3.8) is 0 Å². The summed E-state index contributed by atoms with van der Waals surface area (Å²) >= 11 is 0. The third kappa shape index (κ3) is 6.88. The van der Waals surface area contributed by atoms with E-state index in [1.165, 1.54) is 0 Å². The van der Waals surface area contributed by atoms with E-state index < -0.39 is 0 Å². The maximum atomic E-state index is 4.62. The van der Waals surface area contributed by atoms with Gasteiger partial charge in [-0.25, -0.2) is 19.9 Å². The van der Waals surface area contributed by atoms with Crippen molar-refractivity contribution in [3.8, 4) is 0 Å². The molecule has 0 unspecified atom stereocenters. The molecule has 8 nitrogen and oxygen atoms in total. The Morgan fingerprint density at radius 3 is 0.653 bits per heavy atom. The van der Waals surface area contributed by atoms with Crippen molar-refractivity contribution >= 4 is 92.7 Å². The van der Waals surface area contributed by atoms with Gasteiger partial charge >= 0.3 is 0 Å². The standard InChI is InChI=1S/2C20H14N4.Ni/c2*1-2-14-10-16-5-6-18(23-16)12-20-8-7-19(24-20)11-17-4-3-15(22-17)9-13(1)21-14;/h2*1-12,21-22H;. The molecule has 10 heterocycles. The predicted molar refractivity (Wildman–Crippen MR) is 198 cm³/mol. The quantitative estimate of drug-likeness (QED) is 0.120. The van der Waals surface area contributed by atoms with Crippen molar-refractivity contribution < 1.29 is 16.5 Å². The van der Waals surface area contributed by atoms with Crippen LogP contribution >= 0.6 is 0 Å². The van der Waals surface area contributed by atoms with Crippen LogP contribution in [0, 0.1) is 0 Å². The number of aromatic nitrogens is 8. The van der Waals surface area contributed by atoms with Crippen molar-refractivity contribution in [2.45, 2.75) is 0 Å². The van der Waals surface area contributed by atoms with Gasteiger partial charge in [-0.15, -0.1) is 0 Å². The minimum absolute atomic E-state index is 0. The molecule has 4 aliphatic heterocycles. The molecule has 0 aromatic carbocycles. The largest absolute Gasteiger partial charge is 0.355 e. The zero-order valence-electron chi connectivity index (χ0n) is 26.0. The van der Waals surface area contributed by atoms with Gasteiger partial charge < -0.3 is 19.9 Å². The topological polar surface area (TPSA) is 115 Å². The van der Waals surface area contributed by atoms with Crippen LogP contribution in [0.3, 0.4) is 0 Å². The Kier molecular flexibility index (Phi) is 7.80. The second-order valence-electron chi connectivity index (χ2n) is 11.8. The average molecular weight is 679 g/mol. The van der Waals surface area contributed by atoms with Gasteiger partial charge in [0.25, 0.3) is 0 Å². The van der Waals surface area contributed by atoms with Crippen LogP contribution in [0.1, 0.15) is 45.6 Å². The van der Waals surface area contributed by atoms with Crippen LogP contribution < -0.4 is 0 Å². The molecule has 49 heavy (non-hydrogen) atoms. The summed E-state index contributed by atoms with van der Waals surface area (Å²) in [5.41, 5.74) is 15.7. The van der Waals surface area contributed by atoms with E-state index in [1.54, 1.807) is 0 Å². The zero-order valence-corrected chi connectivity index (χ0v) is 26.9. The first-order valence-corrected chi connectivity index (χ1v) is 15.7.